The molecule has 0 aliphatic carbocycles. The van der Waals surface area contributed by atoms with Gasteiger partial charge in [-0.3, -0.25) is 16.3 Å². The molecule has 0 saturated heterocycles. The molecule has 0 spiro atoms. The van der Waals surface area contributed by atoms with Crippen LogP contribution in [0.15, 0.2) is 18.5 Å². The maximum atomic E-state index is 5.74. The second kappa shape index (κ2) is 10.8. The Labute approximate surface area is 124 Å². The van der Waals surface area contributed by atoms with Crippen molar-refractivity contribution in [1.82, 2.24) is 10.4 Å². The van der Waals surface area contributed by atoms with Crippen LogP contribution >= 0.6 is 0 Å². The van der Waals surface area contributed by atoms with Gasteiger partial charge >= 0.3 is 0 Å². The second-order valence-corrected chi connectivity index (χ2v) is 5.56. The van der Waals surface area contributed by atoms with Crippen LogP contribution in [0.25, 0.3) is 0 Å². The van der Waals surface area contributed by atoms with Crippen LogP contribution in [0.4, 0.5) is 0 Å². The highest BCUT2D eigenvalue weighted by Crippen LogP contribution is 2.23. The van der Waals surface area contributed by atoms with E-state index in [9.17, 15) is 0 Å². The van der Waals surface area contributed by atoms with E-state index in [1.54, 1.807) is 0 Å². The molecule has 0 bridgehead atoms. The summed E-state index contributed by atoms with van der Waals surface area (Å²) in [6.07, 6.45) is 15.3. The van der Waals surface area contributed by atoms with Crippen LogP contribution in [0.3, 0.4) is 0 Å². The maximum absolute atomic E-state index is 5.74. The fourth-order valence-corrected chi connectivity index (χ4v) is 2.71. The van der Waals surface area contributed by atoms with Crippen molar-refractivity contribution in [2.24, 2.45) is 5.84 Å². The molecule has 1 unspecified atom stereocenters. The number of pyridine rings is 1. The fourth-order valence-electron chi connectivity index (χ4n) is 2.71. The number of unbranched alkanes of at least 4 members (excludes halogenated alkanes) is 6. The van der Waals surface area contributed by atoms with E-state index >= 15 is 0 Å². The highest BCUT2D eigenvalue weighted by molar-refractivity contribution is 5.26. The summed E-state index contributed by atoms with van der Waals surface area (Å²) in [4.78, 5) is 4.20. The van der Waals surface area contributed by atoms with Crippen LogP contribution in [0, 0.1) is 0 Å². The lowest BCUT2D eigenvalue weighted by molar-refractivity contribution is 0.473. The zero-order chi connectivity index (χ0) is 14.6. The second-order valence-electron chi connectivity index (χ2n) is 5.56. The van der Waals surface area contributed by atoms with Crippen molar-refractivity contribution in [3.05, 3.63) is 29.6 Å². The molecule has 0 amide bonds. The lowest BCUT2D eigenvalue weighted by Crippen LogP contribution is -2.28. The average Bonchev–Trinajstić information content (AvgIpc) is 2.50. The van der Waals surface area contributed by atoms with Gasteiger partial charge in [0.2, 0.25) is 0 Å². The first-order chi connectivity index (χ1) is 9.83. The van der Waals surface area contributed by atoms with E-state index in [4.69, 9.17) is 5.84 Å². The Morgan fingerprint density at radius 2 is 1.80 bits per heavy atom. The van der Waals surface area contributed by atoms with E-state index < -0.39 is 0 Å². The molecule has 1 aromatic heterocycles. The molecule has 3 nitrogen and oxygen atoms in total. The van der Waals surface area contributed by atoms with Gasteiger partial charge in [-0.05, 0) is 30.0 Å². The number of nitrogens with one attached hydrogen (secondary N) is 1. The van der Waals surface area contributed by atoms with Crippen LogP contribution in [0.2, 0.25) is 0 Å². The number of nitrogens with two attached hydrogens (primary N) is 1. The summed E-state index contributed by atoms with van der Waals surface area (Å²) in [5, 5.41) is 0. The fraction of sp³-hybridized carbons (Fsp3) is 0.706. The monoisotopic (exact) mass is 277 g/mol. The van der Waals surface area contributed by atoms with E-state index in [2.05, 4.69) is 30.3 Å². The van der Waals surface area contributed by atoms with E-state index in [-0.39, 0.29) is 6.04 Å². The molecule has 114 valence electrons. The summed E-state index contributed by atoms with van der Waals surface area (Å²) in [6, 6.07) is 2.37. The van der Waals surface area contributed by atoms with Crippen molar-refractivity contribution in [2.45, 2.75) is 77.7 Å². The molecule has 1 rings (SSSR count). The quantitative estimate of drug-likeness (QED) is 0.360. The van der Waals surface area contributed by atoms with E-state index in [0.717, 1.165) is 12.8 Å². The van der Waals surface area contributed by atoms with Crippen LogP contribution in [0.1, 0.15) is 82.4 Å². The zero-order valence-electron chi connectivity index (χ0n) is 13.2. The maximum Gasteiger partial charge on any atom is 0.0463 e. The van der Waals surface area contributed by atoms with Gasteiger partial charge in [0, 0.05) is 18.4 Å². The van der Waals surface area contributed by atoms with Gasteiger partial charge in [0.15, 0.2) is 0 Å². The van der Waals surface area contributed by atoms with Crippen molar-refractivity contribution in [2.75, 3.05) is 0 Å². The van der Waals surface area contributed by atoms with Gasteiger partial charge in [0.1, 0.15) is 0 Å². The molecule has 0 aromatic carbocycles. The van der Waals surface area contributed by atoms with Crippen molar-refractivity contribution in [3.63, 3.8) is 0 Å². The normalized spacial score (nSPS) is 12.6. The van der Waals surface area contributed by atoms with Crippen molar-refractivity contribution in [3.8, 4) is 0 Å². The van der Waals surface area contributed by atoms with Crippen molar-refractivity contribution in [1.29, 1.82) is 0 Å². The number of rotatable bonds is 11. The number of hydrazine groups is 1. The topological polar surface area (TPSA) is 50.9 Å². The Kier molecular flexibility index (Phi) is 9.25. The van der Waals surface area contributed by atoms with Gasteiger partial charge in [0.05, 0.1) is 0 Å². The summed E-state index contributed by atoms with van der Waals surface area (Å²) < 4.78 is 0. The number of aromatic nitrogens is 1. The molecule has 0 fully saturated rings. The summed E-state index contributed by atoms with van der Waals surface area (Å²) in [5.41, 5.74) is 5.60. The molecule has 0 aliphatic heterocycles. The van der Waals surface area contributed by atoms with E-state index in [1.807, 2.05) is 12.4 Å². The Balaban J connectivity index is 2.32. The van der Waals surface area contributed by atoms with Gasteiger partial charge < -0.3 is 0 Å². The Morgan fingerprint density at radius 3 is 2.45 bits per heavy atom. The summed E-state index contributed by atoms with van der Waals surface area (Å²) >= 11 is 0. The smallest absolute Gasteiger partial charge is 0.0463 e. The van der Waals surface area contributed by atoms with Crippen molar-refractivity contribution < 1.29 is 0 Å². The average molecular weight is 277 g/mol. The third-order valence-electron chi connectivity index (χ3n) is 4.00. The molecule has 3 heteroatoms. The molecule has 20 heavy (non-hydrogen) atoms. The largest absolute Gasteiger partial charge is 0.271 e. The first kappa shape index (κ1) is 17.1. The van der Waals surface area contributed by atoms with Crippen LogP contribution in [-0.2, 0) is 6.42 Å². The van der Waals surface area contributed by atoms with Gasteiger partial charge in [-0.25, -0.2) is 0 Å². The van der Waals surface area contributed by atoms with Crippen LogP contribution < -0.4 is 11.3 Å². The predicted molar refractivity (Wildman–Crippen MR) is 86.3 cm³/mol. The first-order valence-electron chi connectivity index (χ1n) is 8.22. The highest BCUT2D eigenvalue weighted by atomic mass is 15.2. The molecule has 1 heterocycles. The number of hydrogen-bond acceptors (Lipinski definition) is 3. The molecule has 0 saturated carbocycles. The third kappa shape index (κ3) is 6.02. The Hall–Kier alpha value is -0.930. The molecule has 3 N–H and O–H groups in total. The van der Waals surface area contributed by atoms with Gasteiger partial charge in [-0.1, -0.05) is 58.8 Å². The van der Waals surface area contributed by atoms with Gasteiger partial charge in [0.25, 0.3) is 0 Å². The minimum atomic E-state index is 0.267. The lowest BCUT2D eigenvalue weighted by Gasteiger charge is -2.19. The molecule has 0 radical (unpaired) electrons. The molecule has 1 aromatic rings. The van der Waals surface area contributed by atoms with Gasteiger partial charge in [-0.15, -0.1) is 0 Å². The lowest BCUT2D eigenvalue weighted by atomic mass is 9.96. The zero-order valence-corrected chi connectivity index (χ0v) is 13.2. The minimum absolute atomic E-state index is 0.267. The van der Waals surface area contributed by atoms with Crippen LogP contribution in [-0.4, -0.2) is 4.98 Å². The molecule has 0 aliphatic rings. The number of nitrogens with zero attached hydrogens (tertiary/aromatic N) is 1. The summed E-state index contributed by atoms with van der Waals surface area (Å²) in [5.74, 6) is 5.74. The van der Waals surface area contributed by atoms with E-state index in [0.29, 0.717) is 0 Å². The SMILES string of the molecule is CCCCCCCCCC(NN)c1ccncc1CC. The Morgan fingerprint density at radius 1 is 1.10 bits per heavy atom. The number of hydrogen-bond donors (Lipinski definition) is 2. The van der Waals surface area contributed by atoms with Crippen molar-refractivity contribution >= 4 is 0 Å². The summed E-state index contributed by atoms with van der Waals surface area (Å²) in [7, 11) is 0. The Bertz CT molecular complexity index is 352. The highest BCUT2D eigenvalue weighted by Gasteiger charge is 2.12. The molecular weight excluding hydrogens is 246 g/mol. The number of aryl methyl sites for hydroxylation is 1. The van der Waals surface area contributed by atoms with E-state index in [1.165, 1.54) is 56.1 Å². The third-order valence-corrected chi connectivity index (χ3v) is 4.00. The minimum Gasteiger partial charge on any atom is -0.271 e. The predicted octanol–water partition coefficient (Wildman–Crippen LogP) is 4.29. The first-order valence-corrected chi connectivity index (χ1v) is 8.22. The summed E-state index contributed by atoms with van der Waals surface area (Å²) in [6.45, 7) is 4.43. The van der Waals surface area contributed by atoms with Crippen LogP contribution in [0.5, 0.6) is 0 Å². The molecule has 1 atom stereocenters. The van der Waals surface area contributed by atoms with Gasteiger partial charge in [-0.2, -0.15) is 0 Å². The molecular formula is C17H31N3. The standard InChI is InChI=1S/C17H31N3/c1-3-5-6-7-8-9-10-11-17(20-18)16-12-13-19-14-15(16)4-2/h12-14,17,20H,3-11,18H2,1-2H3.